The SMILES string of the molecule is CCCCNc1cc(N(C)CCC(C)=O)nc(C)n1. The van der Waals surface area contributed by atoms with Crippen LogP contribution in [-0.4, -0.2) is 35.9 Å². The van der Waals surface area contributed by atoms with Crippen molar-refractivity contribution in [2.75, 3.05) is 30.4 Å². The maximum atomic E-state index is 11.0. The number of ketones is 1. The van der Waals surface area contributed by atoms with Crippen LogP contribution in [-0.2, 0) is 4.79 Å². The van der Waals surface area contributed by atoms with Gasteiger partial charge in [-0.05, 0) is 20.3 Å². The van der Waals surface area contributed by atoms with Crippen LogP contribution < -0.4 is 10.2 Å². The number of carbonyl (C=O) groups excluding carboxylic acids is 1. The average molecular weight is 264 g/mol. The second-order valence-corrected chi connectivity index (χ2v) is 4.81. The second-order valence-electron chi connectivity index (χ2n) is 4.81. The highest BCUT2D eigenvalue weighted by atomic mass is 16.1. The monoisotopic (exact) mass is 264 g/mol. The molecule has 0 aliphatic carbocycles. The molecule has 0 saturated heterocycles. The lowest BCUT2D eigenvalue weighted by atomic mass is 10.3. The van der Waals surface area contributed by atoms with Crippen molar-refractivity contribution >= 4 is 17.4 Å². The fourth-order valence-electron chi connectivity index (χ4n) is 1.67. The second kappa shape index (κ2) is 7.71. The fraction of sp³-hybridized carbons (Fsp3) is 0.643. The Morgan fingerprint density at radius 2 is 2.16 bits per heavy atom. The Morgan fingerprint density at radius 3 is 2.79 bits per heavy atom. The van der Waals surface area contributed by atoms with Gasteiger partial charge in [-0.2, -0.15) is 0 Å². The lowest BCUT2D eigenvalue weighted by molar-refractivity contribution is -0.116. The maximum absolute atomic E-state index is 11.0. The van der Waals surface area contributed by atoms with Crippen LogP contribution in [0.5, 0.6) is 0 Å². The van der Waals surface area contributed by atoms with Crippen molar-refractivity contribution < 1.29 is 4.79 Å². The van der Waals surface area contributed by atoms with Gasteiger partial charge in [0.15, 0.2) is 0 Å². The molecular formula is C14H24N4O. The molecule has 1 rings (SSSR count). The summed E-state index contributed by atoms with van der Waals surface area (Å²) in [5.41, 5.74) is 0. The molecule has 5 heteroatoms. The van der Waals surface area contributed by atoms with Crippen LogP contribution in [0, 0.1) is 6.92 Å². The smallest absolute Gasteiger partial charge is 0.134 e. The van der Waals surface area contributed by atoms with Gasteiger partial charge in [0.1, 0.15) is 23.2 Å². The Hall–Kier alpha value is -1.65. The molecule has 0 bridgehead atoms. The zero-order chi connectivity index (χ0) is 14.3. The normalized spacial score (nSPS) is 10.3. The molecule has 1 aromatic rings. The minimum Gasteiger partial charge on any atom is -0.370 e. The molecule has 0 unspecified atom stereocenters. The summed E-state index contributed by atoms with van der Waals surface area (Å²) in [7, 11) is 1.94. The number of unbranched alkanes of at least 4 members (excludes halogenated alkanes) is 1. The largest absolute Gasteiger partial charge is 0.370 e. The minimum atomic E-state index is 0.193. The highest BCUT2D eigenvalue weighted by molar-refractivity contribution is 5.76. The van der Waals surface area contributed by atoms with Gasteiger partial charge in [-0.15, -0.1) is 0 Å². The molecule has 0 radical (unpaired) electrons. The zero-order valence-corrected chi connectivity index (χ0v) is 12.4. The predicted octanol–water partition coefficient (Wildman–Crippen LogP) is 2.41. The van der Waals surface area contributed by atoms with Gasteiger partial charge in [0, 0.05) is 32.6 Å². The molecule has 0 aliphatic heterocycles. The number of anilines is 2. The van der Waals surface area contributed by atoms with Crippen molar-refractivity contribution in [3.63, 3.8) is 0 Å². The summed E-state index contributed by atoms with van der Waals surface area (Å²) in [6, 6.07) is 1.93. The number of aromatic nitrogens is 2. The summed E-state index contributed by atoms with van der Waals surface area (Å²) in [5, 5.41) is 3.30. The lowest BCUT2D eigenvalue weighted by Gasteiger charge is -2.18. The number of nitrogens with zero attached hydrogens (tertiary/aromatic N) is 3. The third-order valence-electron chi connectivity index (χ3n) is 2.85. The fourth-order valence-corrected chi connectivity index (χ4v) is 1.67. The predicted molar refractivity (Wildman–Crippen MR) is 78.7 cm³/mol. The molecule has 0 saturated carbocycles. The molecule has 106 valence electrons. The molecule has 0 amide bonds. The molecule has 1 N–H and O–H groups in total. The Morgan fingerprint density at radius 1 is 1.42 bits per heavy atom. The summed E-state index contributed by atoms with van der Waals surface area (Å²) in [4.78, 5) is 21.8. The Bertz CT molecular complexity index is 420. The van der Waals surface area contributed by atoms with Crippen LogP contribution in [0.25, 0.3) is 0 Å². The number of carbonyl (C=O) groups is 1. The van der Waals surface area contributed by atoms with Gasteiger partial charge in [0.2, 0.25) is 0 Å². The van der Waals surface area contributed by atoms with Gasteiger partial charge >= 0.3 is 0 Å². The van der Waals surface area contributed by atoms with E-state index in [0.717, 1.165) is 36.8 Å². The van der Waals surface area contributed by atoms with Crippen LogP contribution in [0.1, 0.15) is 38.9 Å². The average Bonchev–Trinajstić information content (AvgIpc) is 2.35. The summed E-state index contributed by atoms with van der Waals surface area (Å²) in [6.45, 7) is 7.25. The van der Waals surface area contributed by atoms with Crippen LogP contribution in [0.2, 0.25) is 0 Å². The van der Waals surface area contributed by atoms with Gasteiger partial charge in [0.25, 0.3) is 0 Å². The van der Waals surface area contributed by atoms with E-state index >= 15 is 0 Å². The van der Waals surface area contributed by atoms with E-state index in [0.29, 0.717) is 13.0 Å². The standard InChI is InChI=1S/C14H24N4O/c1-5-6-8-15-13-10-14(17-12(3)16-13)18(4)9-7-11(2)19/h10H,5-9H2,1-4H3,(H,15,16,17). The quantitative estimate of drug-likeness (QED) is 0.731. The first-order valence-corrected chi connectivity index (χ1v) is 6.83. The first-order chi connectivity index (χ1) is 9.02. The van der Waals surface area contributed by atoms with Crippen molar-refractivity contribution in [3.8, 4) is 0 Å². The van der Waals surface area contributed by atoms with E-state index in [-0.39, 0.29) is 5.78 Å². The summed E-state index contributed by atoms with van der Waals surface area (Å²) in [6.07, 6.45) is 2.82. The summed E-state index contributed by atoms with van der Waals surface area (Å²) in [5.74, 6) is 2.64. The van der Waals surface area contributed by atoms with Crippen LogP contribution in [0.15, 0.2) is 6.07 Å². The third-order valence-corrected chi connectivity index (χ3v) is 2.85. The van der Waals surface area contributed by atoms with Crippen molar-refractivity contribution in [1.29, 1.82) is 0 Å². The first-order valence-electron chi connectivity index (χ1n) is 6.83. The van der Waals surface area contributed by atoms with Crippen LogP contribution in [0.3, 0.4) is 0 Å². The number of nitrogens with one attached hydrogen (secondary N) is 1. The Balaban J connectivity index is 2.69. The molecular weight excluding hydrogens is 240 g/mol. The van der Waals surface area contributed by atoms with Crippen molar-refractivity contribution in [1.82, 2.24) is 9.97 Å². The number of Topliss-reactive ketones (excluding diaryl/α,β-unsaturated/α-hetero) is 1. The van der Waals surface area contributed by atoms with Gasteiger partial charge in [-0.1, -0.05) is 13.3 Å². The van der Waals surface area contributed by atoms with Gasteiger partial charge in [-0.3, -0.25) is 4.79 Å². The van der Waals surface area contributed by atoms with E-state index in [2.05, 4.69) is 22.2 Å². The maximum Gasteiger partial charge on any atom is 0.134 e. The molecule has 1 aromatic heterocycles. The van der Waals surface area contributed by atoms with E-state index in [1.54, 1.807) is 6.92 Å². The number of hydrogen-bond acceptors (Lipinski definition) is 5. The number of hydrogen-bond donors (Lipinski definition) is 1. The summed E-state index contributed by atoms with van der Waals surface area (Å²) >= 11 is 0. The van der Waals surface area contributed by atoms with E-state index in [1.165, 1.54) is 0 Å². The molecule has 0 atom stereocenters. The Labute approximate surface area is 115 Å². The lowest BCUT2D eigenvalue weighted by Crippen LogP contribution is -2.22. The Kier molecular flexibility index (Phi) is 6.25. The van der Waals surface area contributed by atoms with Crippen molar-refractivity contribution in [2.24, 2.45) is 0 Å². The molecule has 0 fully saturated rings. The highest BCUT2D eigenvalue weighted by Gasteiger charge is 2.07. The molecule has 19 heavy (non-hydrogen) atoms. The zero-order valence-electron chi connectivity index (χ0n) is 12.4. The number of aryl methyl sites for hydroxylation is 1. The van der Waals surface area contributed by atoms with Crippen LogP contribution in [0.4, 0.5) is 11.6 Å². The van der Waals surface area contributed by atoms with E-state index in [1.807, 2.05) is 24.9 Å². The van der Waals surface area contributed by atoms with E-state index < -0.39 is 0 Å². The minimum absolute atomic E-state index is 0.193. The molecule has 1 heterocycles. The molecule has 0 spiro atoms. The molecule has 5 nitrogen and oxygen atoms in total. The van der Waals surface area contributed by atoms with Gasteiger partial charge < -0.3 is 10.2 Å². The van der Waals surface area contributed by atoms with Gasteiger partial charge in [0.05, 0.1) is 0 Å². The molecule has 0 aliphatic rings. The first kappa shape index (κ1) is 15.4. The summed E-state index contributed by atoms with van der Waals surface area (Å²) < 4.78 is 0. The highest BCUT2D eigenvalue weighted by Crippen LogP contribution is 2.15. The third kappa shape index (κ3) is 5.68. The van der Waals surface area contributed by atoms with Crippen molar-refractivity contribution in [2.45, 2.75) is 40.0 Å². The topological polar surface area (TPSA) is 58.1 Å². The van der Waals surface area contributed by atoms with Crippen molar-refractivity contribution in [3.05, 3.63) is 11.9 Å². The van der Waals surface area contributed by atoms with E-state index in [4.69, 9.17) is 0 Å². The number of rotatable bonds is 8. The van der Waals surface area contributed by atoms with E-state index in [9.17, 15) is 4.79 Å². The van der Waals surface area contributed by atoms with Crippen LogP contribution >= 0.6 is 0 Å². The molecule has 0 aromatic carbocycles. The van der Waals surface area contributed by atoms with Gasteiger partial charge in [-0.25, -0.2) is 9.97 Å².